The van der Waals surface area contributed by atoms with Crippen LogP contribution in [0.25, 0.3) is 0 Å². The van der Waals surface area contributed by atoms with E-state index in [1.807, 2.05) is 32.0 Å². The molecule has 1 fully saturated rings. The molecule has 4 N–H and O–H groups in total. The zero-order valence-corrected chi connectivity index (χ0v) is 26.7. The van der Waals surface area contributed by atoms with Gasteiger partial charge in [0.1, 0.15) is 17.7 Å². The number of rotatable bonds is 15. The minimum absolute atomic E-state index is 0.00356. The van der Waals surface area contributed by atoms with E-state index in [9.17, 15) is 19.2 Å². The van der Waals surface area contributed by atoms with Crippen molar-refractivity contribution < 1.29 is 23.9 Å². The van der Waals surface area contributed by atoms with E-state index < -0.39 is 35.6 Å². The van der Waals surface area contributed by atoms with Crippen molar-refractivity contribution >= 4 is 23.8 Å². The number of carbonyl (C=O) groups is 4. The fraction of sp³-hybridized carbons (Fsp3) is 0.697. The van der Waals surface area contributed by atoms with Gasteiger partial charge in [-0.1, -0.05) is 75.6 Å². The van der Waals surface area contributed by atoms with E-state index in [0.29, 0.717) is 13.0 Å². The molecule has 2 unspecified atom stereocenters. The molecule has 0 spiro atoms. The third-order valence-corrected chi connectivity index (χ3v) is 7.69. The molecule has 0 aromatic heterocycles. The van der Waals surface area contributed by atoms with Gasteiger partial charge in [0.05, 0.1) is 0 Å². The van der Waals surface area contributed by atoms with Crippen LogP contribution in [-0.4, -0.2) is 52.9 Å². The Hall–Kier alpha value is -3.10. The number of carbonyl (C=O) groups excluding carboxylic acids is 4. The third kappa shape index (κ3) is 12.0. The van der Waals surface area contributed by atoms with Crippen LogP contribution in [0.4, 0.5) is 4.79 Å². The van der Waals surface area contributed by atoms with Gasteiger partial charge in [-0.25, -0.2) is 4.79 Å². The van der Waals surface area contributed by atoms with Crippen LogP contribution in [0.3, 0.4) is 0 Å². The lowest BCUT2D eigenvalue weighted by Gasteiger charge is -2.36. The van der Waals surface area contributed by atoms with Crippen molar-refractivity contribution in [3.05, 3.63) is 34.9 Å². The van der Waals surface area contributed by atoms with Gasteiger partial charge in [-0.3, -0.25) is 14.4 Å². The molecular weight excluding hydrogens is 532 g/mol. The monoisotopic (exact) mass is 586 g/mol. The second-order valence-electron chi connectivity index (χ2n) is 12.8. The number of nitrogens with zero attached hydrogens (tertiary/aromatic N) is 1. The second-order valence-corrected chi connectivity index (χ2v) is 12.8. The molecule has 0 radical (unpaired) electrons. The maximum absolute atomic E-state index is 14.4. The first kappa shape index (κ1) is 35.1. The molecule has 1 aromatic rings. The van der Waals surface area contributed by atoms with Crippen LogP contribution in [0.15, 0.2) is 18.2 Å². The number of amides is 4. The highest BCUT2D eigenvalue weighted by Gasteiger charge is 2.37. The molecule has 0 saturated heterocycles. The molecule has 236 valence electrons. The second kappa shape index (κ2) is 17.1. The van der Waals surface area contributed by atoms with E-state index >= 15 is 0 Å². The van der Waals surface area contributed by atoms with E-state index in [0.717, 1.165) is 74.5 Å². The van der Waals surface area contributed by atoms with Gasteiger partial charge in [0.25, 0.3) is 0 Å². The number of aryl methyl sites for hydroxylation is 2. The van der Waals surface area contributed by atoms with Crippen LogP contribution < -0.4 is 16.4 Å². The van der Waals surface area contributed by atoms with Gasteiger partial charge in [-0.05, 0) is 71.4 Å². The minimum atomic E-state index is -1.08. The molecule has 42 heavy (non-hydrogen) atoms. The number of hydrogen-bond acceptors (Lipinski definition) is 5. The fourth-order valence-electron chi connectivity index (χ4n) is 5.56. The summed E-state index contributed by atoms with van der Waals surface area (Å²) in [7, 11) is 0. The minimum Gasteiger partial charge on any atom is -0.444 e. The standard InChI is InChI=1S/C33H54N4O5/c1-7-8-9-10-14-21-37(31(40)27(19-20-28(34)38)36-32(41)42-33(4,5)6)29(26-18-17-23(2)22-24(26)3)30(39)35-25-15-12-11-13-16-25/h17-18,22,25,27,29H,7-16,19-21H2,1-6H3,(H2,34,38)(H,35,39)(H,36,41). The predicted octanol–water partition coefficient (Wildman–Crippen LogP) is 5.75. The van der Waals surface area contributed by atoms with Crippen LogP contribution in [0.5, 0.6) is 0 Å². The van der Waals surface area contributed by atoms with Crippen molar-refractivity contribution in [3.8, 4) is 0 Å². The Balaban J connectivity index is 2.51. The summed E-state index contributed by atoms with van der Waals surface area (Å²) < 4.78 is 5.44. The summed E-state index contributed by atoms with van der Waals surface area (Å²) in [5.41, 5.74) is 7.39. The SMILES string of the molecule is CCCCCCCN(C(=O)C(CCC(N)=O)NC(=O)OC(C)(C)C)C(C(=O)NC1CCCCC1)c1ccc(C)cc1C. The van der Waals surface area contributed by atoms with Crippen molar-refractivity contribution in [2.45, 2.75) is 142 Å². The van der Waals surface area contributed by atoms with Crippen molar-refractivity contribution in [1.29, 1.82) is 0 Å². The van der Waals surface area contributed by atoms with Crippen LogP contribution in [0.2, 0.25) is 0 Å². The number of primary amides is 1. The molecule has 0 heterocycles. The smallest absolute Gasteiger partial charge is 0.408 e. The first-order valence-corrected chi connectivity index (χ1v) is 15.8. The van der Waals surface area contributed by atoms with Gasteiger partial charge < -0.3 is 26.0 Å². The molecule has 0 bridgehead atoms. The Labute approximate surface area is 252 Å². The number of alkyl carbamates (subject to hydrolysis) is 1. The summed E-state index contributed by atoms with van der Waals surface area (Å²) in [6, 6.07) is 3.99. The Morgan fingerprint density at radius 1 is 1.02 bits per heavy atom. The predicted molar refractivity (Wildman–Crippen MR) is 166 cm³/mol. The van der Waals surface area contributed by atoms with Gasteiger partial charge in [0.2, 0.25) is 17.7 Å². The zero-order valence-electron chi connectivity index (χ0n) is 26.7. The normalized spacial score (nSPS) is 15.4. The molecule has 1 saturated carbocycles. The zero-order chi connectivity index (χ0) is 31.3. The van der Waals surface area contributed by atoms with Crippen LogP contribution >= 0.6 is 0 Å². The summed E-state index contributed by atoms with van der Waals surface area (Å²) >= 11 is 0. The lowest BCUT2D eigenvalue weighted by atomic mass is 9.93. The average molecular weight is 587 g/mol. The molecule has 2 rings (SSSR count). The van der Waals surface area contributed by atoms with Crippen LogP contribution in [-0.2, 0) is 19.1 Å². The molecule has 1 aliphatic carbocycles. The lowest BCUT2D eigenvalue weighted by Crippen LogP contribution is -2.54. The van der Waals surface area contributed by atoms with Gasteiger partial charge in [-0.2, -0.15) is 0 Å². The number of unbranched alkanes of at least 4 members (excludes halogenated alkanes) is 4. The highest BCUT2D eigenvalue weighted by atomic mass is 16.6. The van der Waals surface area contributed by atoms with Crippen molar-refractivity contribution in [3.63, 3.8) is 0 Å². The number of hydrogen-bond donors (Lipinski definition) is 3. The van der Waals surface area contributed by atoms with E-state index in [1.165, 1.54) is 0 Å². The number of benzene rings is 1. The van der Waals surface area contributed by atoms with E-state index in [-0.39, 0.29) is 24.8 Å². The first-order valence-electron chi connectivity index (χ1n) is 15.8. The summed E-state index contributed by atoms with van der Waals surface area (Å²) in [4.78, 5) is 54.7. The highest BCUT2D eigenvalue weighted by molar-refractivity contribution is 5.92. The van der Waals surface area contributed by atoms with E-state index in [2.05, 4.69) is 17.6 Å². The number of ether oxygens (including phenoxy) is 1. The van der Waals surface area contributed by atoms with E-state index in [1.54, 1.807) is 25.7 Å². The van der Waals surface area contributed by atoms with E-state index in [4.69, 9.17) is 10.5 Å². The Morgan fingerprint density at radius 3 is 2.29 bits per heavy atom. The van der Waals surface area contributed by atoms with Gasteiger partial charge >= 0.3 is 6.09 Å². The molecule has 2 atom stereocenters. The Morgan fingerprint density at radius 2 is 1.69 bits per heavy atom. The van der Waals surface area contributed by atoms with Gasteiger partial charge in [0, 0.05) is 19.0 Å². The maximum Gasteiger partial charge on any atom is 0.408 e. The third-order valence-electron chi connectivity index (χ3n) is 7.69. The maximum atomic E-state index is 14.4. The van der Waals surface area contributed by atoms with Gasteiger partial charge in [0.15, 0.2) is 0 Å². The largest absolute Gasteiger partial charge is 0.444 e. The van der Waals surface area contributed by atoms with Crippen LogP contribution in [0.1, 0.15) is 127 Å². The summed E-state index contributed by atoms with van der Waals surface area (Å²) in [6.45, 7) is 11.6. The molecule has 4 amide bonds. The molecule has 9 heteroatoms. The Bertz CT molecular complexity index is 1050. The quantitative estimate of drug-likeness (QED) is 0.225. The molecular formula is C33H54N4O5. The Kier molecular flexibility index (Phi) is 14.3. The molecule has 1 aliphatic rings. The number of nitrogens with two attached hydrogens (primary N) is 1. The summed E-state index contributed by atoms with van der Waals surface area (Å²) in [5, 5.41) is 5.93. The number of nitrogens with one attached hydrogen (secondary N) is 2. The topological polar surface area (TPSA) is 131 Å². The summed E-state index contributed by atoms with van der Waals surface area (Å²) in [5.74, 6) is -1.23. The highest BCUT2D eigenvalue weighted by Crippen LogP contribution is 2.29. The first-order chi connectivity index (χ1) is 19.8. The van der Waals surface area contributed by atoms with Crippen LogP contribution in [0, 0.1) is 13.8 Å². The molecule has 9 nitrogen and oxygen atoms in total. The van der Waals surface area contributed by atoms with Crippen molar-refractivity contribution in [2.75, 3.05) is 6.54 Å². The lowest BCUT2D eigenvalue weighted by molar-refractivity contribution is -0.143. The molecule has 0 aliphatic heterocycles. The van der Waals surface area contributed by atoms with Crippen molar-refractivity contribution in [2.24, 2.45) is 5.73 Å². The average Bonchev–Trinajstić information content (AvgIpc) is 2.90. The van der Waals surface area contributed by atoms with Gasteiger partial charge in [-0.15, -0.1) is 0 Å². The molecule has 1 aromatic carbocycles. The summed E-state index contributed by atoms with van der Waals surface area (Å²) in [6.07, 6.45) is 9.09. The van der Waals surface area contributed by atoms with Crippen molar-refractivity contribution in [1.82, 2.24) is 15.5 Å². The fourth-order valence-corrected chi connectivity index (χ4v) is 5.56.